The number of nitrogens with one attached hydrogen (secondary N) is 2. The molecular formula is C14H14ClN3O3. The van der Waals surface area contributed by atoms with E-state index in [4.69, 9.17) is 11.6 Å². The normalized spacial score (nSPS) is 21.8. The van der Waals surface area contributed by atoms with Crippen molar-refractivity contribution in [2.24, 2.45) is 5.92 Å². The summed E-state index contributed by atoms with van der Waals surface area (Å²) in [5.74, 6) is -0.767. The molecular weight excluding hydrogens is 294 g/mol. The van der Waals surface area contributed by atoms with Crippen LogP contribution in [0.5, 0.6) is 0 Å². The van der Waals surface area contributed by atoms with Crippen LogP contribution in [0.3, 0.4) is 0 Å². The third-order valence-electron chi connectivity index (χ3n) is 3.55. The average Bonchev–Trinajstić information content (AvgIpc) is 3.26. The topological polar surface area (TPSA) is 78.5 Å². The minimum absolute atomic E-state index is 0.0202. The van der Waals surface area contributed by atoms with Crippen LogP contribution < -0.4 is 15.8 Å². The Morgan fingerprint density at radius 1 is 1.19 bits per heavy atom. The molecule has 0 bridgehead atoms. The molecule has 3 amide bonds. The van der Waals surface area contributed by atoms with E-state index in [-0.39, 0.29) is 30.1 Å². The molecule has 1 saturated carbocycles. The second-order valence-corrected chi connectivity index (χ2v) is 5.64. The van der Waals surface area contributed by atoms with E-state index in [0.717, 1.165) is 17.7 Å². The molecule has 0 unspecified atom stereocenters. The highest BCUT2D eigenvalue weighted by molar-refractivity contribution is 6.30. The van der Waals surface area contributed by atoms with Crippen molar-refractivity contribution in [2.75, 3.05) is 4.90 Å². The summed E-state index contributed by atoms with van der Waals surface area (Å²) in [6, 6.07) is 5.74. The van der Waals surface area contributed by atoms with Gasteiger partial charge in [0.1, 0.15) is 6.04 Å². The lowest BCUT2D eigenvalue weighted by molar-refractivity contribution is -0.124. The minimum Gasteiger partial charge on any atom is -0.291 e. The summed E-state index contributed by atoms with van der Waals surface area (Å²) < 4.78 is 0. The Labute approximate surface area is 126 Å². The van der Waals surface area contributed by atoms with Gasteiger partial charge in [0.15, 0.2) is 0 Å². The van der Waals surface area contributed by atoms with Gasteiger partial charge in [0, 0.05) is 10.9 Å². The average molecular weight is 308 g/mol. The molecule has 1 atom stereocenters. The van der Waals surface area contributed by atoms with Crippen LogP contribution in [0.1, 0.15) is 19.3 Å². The number of carbonyl (C=O) groups is 3. The lowest BCUT2D eigenvalue weighted by atomic mass is 10.2. The van der Waals surface area contributed by atoms with Crippen molar-refractivity contribution in [1.29, 1.82) is 0 Å². The van der Waals surface area contributed by atoms with E-state index >= 15 is 0 Å². The van der Waals surface area contributed by atoms with Gasteiger partial charge in [0.25, 0.3) is 5.91 Å². The molecule has 6 nitrogen and oxygen atoms in total. The number of nitrogens with zero attached hydrogens (tertiary/aromatic N) is 1. The van der Waals surface area contributed by atoms with Crippen LogP contribution in [-0.4, -0.2) is 23.8 Å². The number of anilines is 1. The summed E-state index contributed by atoms with van der Waals surface area (Å²) >= 11 is 5.79. The molecule has 7 heteroatoms. The molecule has 0 radical (unpaired) electrons. The summed E-state index contributed by atoms with van der Waals surface area (Å²) in [7, 11) is 0. The van der Waals surface area contributed by atoms with Gasteiger partial charge in [0.05, 0.1) is 12.1 Å². The van der Waals surface area contributed by atoms with Gasteiger partial charge < -0.3 is 0 Å². The Morgan fingerprint density at radius 3 is 2.48 bits per heavy atom. The van der Waals surface area contributed by atoms with Gasteiger partial charge in [-0.3, -0.25) is 19.8 Å². The second kappa shape index (κ2) is 5.46. The summed E-state index contributed by atoms with van der Waals surface area (Å²) in [6.45, 7) is 0. The maximum atomic E-state index is 12.3. The van der Waals surface area contributed by atoms with Gasteiger partial charge in [-0.25, -0.2) is 10.3 Å². The van der Waals surface area contributed by atoms with Gasteiger partial charge in [0.2, 0.25) is 11.8 Å². The van der Waals surface area contributed by atoms with Crippen LogP contribution in [0.2, 0.25) is 5.02 Å². The molecule has 3 rings (SSSR count). The predicted octanol–water partition coefficient (Wildman–Crippen LogP) is 1.00. The summed E-state index contributed by atoms with van der Waals surface area (Å²) in [6.07, 6.45) is 1.77. The van der Waals surface area contributed by atoms with Crippen LogP contribution in [0.15, 0.2) is 24.3 Å². The molecule has 21 heavy (non-hydrogen) atoms. The van der Waals surface area contributed by atoms with Crippen molar-refractivity contribution in [3.05, 3.63) is 29.3 Å². The fourth-order valence-electron chi connectivity index (χ4n) is 2.21. The molecule has 1 aromatic rings. The van der Waals surface area contributed by atoms with Crippen molar-refractivity contribution >= 4 is 35.0 Å². The fraction of sp³-hybridized carbons (Fsp3) is 0.357. The Balaban J connectivity index is 1.66. The van der Waals surface area contributed by atoms with Gasteiger partial charge in [-0.15, -0.1) is 0 Å². The molecule has 2 fully saturated rings. The molecule has 1 aliphatic heterocycles. The van der Waals surface area contributed by atoms with Crippen LogP contribution in [0.4, 0.5) is 5.69 Å². The number of carbonyl (C=O) groups excluding carboxylic acids is 3. The number of amides is 3. The Bertz CT molecular complexity index is 598. The number of halogens is 1. The van der Waals surface area contributed by atoms with Crippen molar-refractivity contribution < 1.29 is 14.4 Å². The molecule has 1 aliphatic carbocycles. The smallest absolute Gasteiger partial charge is 0.253 e. The van der Waals surface area contributed by atoms with Crippen molar-refractivity contribution in [3.8, 4) is 0 Å². The van der Waals surface area contributed by atoms with Gasteiger partial charge in [-0.1, -0.05) is 11.6 Å². The van der Waals surface area contributed by atoms with E-state index in [2.05, 4.69) is 10.9 Å². The first-order valence-corrected chi connectivity index (χ1v) is 7.12. The van der Waals surface area contributed by atoms with Crippen LogP contribution >= 0.6 is 11.6 Å². The lowest BCUT2D eigenvalue weighted by Crippen LogP contribution is -2.48. The standard InChI is InChI=1S/C14H14ClN3O3/c15-9-3-5-10(6-4-9)18-12(19)7-11(14(18)21)16-17-13(20)8-1-2-8/h3-6,8,11,16H,1-2,7H2,(H,17,20)/t11-/m0/s1. The zero-order valence-corrected chi connectivity index (χ0v) is 11.9. The zero-order chi connectivity index (χ0) is 15.0. The number of hydrogen-bond donors (Lipinski definition) is 2. The monoisotopic (exact) mass is 307 g/mol. The number of hydrazine groups is 1. The second-order valence-electron chi connectivity index (χ2n) is 5.21. The number of imide groups is 1. The molecule has 1 saturated heterocycles. The third kappa shape index (κ3) is 2.91. The van der Waals surface area contributed by atoms with E-state index in [1.54, 1.807) is 24.3 Å². The molecule has 1 aromatic carbocycles. The fourth-order valence-corrected chi connectivity index (χ4v) is 2.34. The quantitative estimate of drug-likeness (QED) is 0.642. The summed E-state index contributed by atoms with van der Waals surface area (Å²) in [5.41, 5.74) is 5.64. The maximum absolute atomic E-state index is 12.3. The lowest BCUT2D eigenvalue weighted by Gasteiger charge is -2.15. The number of rotatable bonds is 4. The van der Waals surface area contributed by atoms with E-state index < -0.39 is 6.04 Å². The summed E-state index contributed by atoms with van der Waals surface area (Å²) in [4.78, 5) is 36.9. The zero-order valence-electron chi connectivity index (χ0n) is 11.1. The Hall–Kier alpha value is -1.92. The van der Waals surface area contributed by atoms with Crippen LogP contribution in [-0.2, 0) is 14.4 Å². The van der Waals surface area contributed by atoms with E-state index in [9.17, 15) is 14.4 Å². The van der Waals surface area contributed by atoms with Crippen LogP contribution in [0, 0.1) is 5.92 Å². The van der Waals surface area contributed by atoms with Gasteiger partial charge >= 0.3 is 0 Å². The predicted molar refractivity (Wildman–Crippen MR) is 76.4 cm³/mol. The number of hydrogen-bond acceptors (Lipinski definition) is 4. The van der Waals surface area contributed by atoms with Crippen molar-refractivity contribution in [1.82, 2.24) is 10.9 Å². The highest BCUT2D eigenvalue weighted by Gasteiger charge is 2.40. The molecule has 1 heterocycles. The Morgan fingerprint density at radius 2 is 1.86 bits per heavy atom. The van der Waals surface area contributed by atoms with Crippen molar-refractivity contribution in [3.63, 3.8) is 0 Å². The first kappa shape index (κ1) is 14.0. The number of benzene rings is 1. The van der Waals surface area contributed by atoms with E-state index in [1.807, 2.05) is 0 Å². The van der Waals surface area contributed by atoms with Crippen molar-refractivity contribution in [2.45, 2.75) is 25.3 Å². The third-order valence-corrected chi connectivity index (χ3v) is 3.80. The first-order chi connectivity index (χ1) is 10.1. The first-order valence-electron chi connectivity index (χ1n) is 6.74. The highest BCUT2D eigenvalue weighted by atomic mass is 35.5. The summed E-state index contributed by atoms with van der Waals surface area (Å²) in [5, 5.41) is 0.532. The molecule has 2 N–H and O–H groups in total. The largest absolute Gasteiger partial charge is 0.291 e. The molecule has 110 valence electrons. The van der Waals surface area contributed by atoms with Gasteiger partial charge in [-0.2, -0.15) is 0 Å². The maximum Gasteiger partial charge on any atom is 0.253 e. The minimum atomic E-state index is -0.726. The SMILES string of the molecule is O=C(NN[C@H]1CC(=O)N(c2ccc(Cl)cc2)C1=O)C1CC1. The molecule has 2 aliphatic rings. The molecule has 0 spiro atoms. The van der Waals surface area contributed by atoms with E-state index in [0.29, 0.717) is 10.7 Å². The Kier molecular flexibility index (Phi) is 3.65. The van der Waals surface area contributed by atoms with Gasteiger partial charge in [-0.05, 0) is 37.1 Å². The highest BCUT2D eigenvalue weighted by Crippen LogP contribution is 2.28. The van der Waals surface area contributed by atoms with Crippen LogP contribution in [0.25, 0.3) is 0 Å². The van der Waals surface area contributed by atoms with E-state index in [1.165, 1.54) is 0 Å². The molecule has 0 aromatic heterocycles.